The zero-order chi connectivity index (χ0) is 14.0. The largest absolute Gasteiger partial charge is 0.311 e. The molecule has 0 aliphatic rings. The smallest absolute Gasteiger partial charge is 0.0218 e. The second-order valence-electron chi connectivity index (χ2n) is 6.44. The molecule has 0 saturated carbocycles. The highest BCUT2D eigenvalue weighted by Gasteiger charge is 2.18. The minimum absolute atomic E-state index is 0.231. The van der Waals surface area contributed by atoms with Crippen molar-refractivity contribution < 1.29 is 0 Å². The van der Waals surface area contributed by atoms with Gasteiger partial charge in [-0.15, -0.1) is 0 Å². The average molecular weight is 256 g/mol. The molecule has 0 radical (unpaired) electrons. The van der Waals surface area contributed by atoms with Gasteiger partial charge in [0.25, 0.3) is 0 Å². The maximum Gasteiger partial charge on any atom is 0.0218 e. The maximum absolute atomic E-state index is 3.66. The summed E-state index contributed by atoms with van der Waals surface area (Å²) in [5.74, 6) is 0. The van der Waals surface area contributed by atoms with E-state index in [0.717, 1.165) is 6.54 Å². The number of hydrogen-bond donors (Lipinski definition) is 1. The van der Waals surface area contributed by atoms with Gasteiger partial charge in [-0.2, -0.15) is 0 Å². The molecule has 0 heterocycles. The van der Waals surface area contributed by atoms with Crippen LogP contribution in [-0.2, 0) is 0 Å². The van der Waals surface area contributed by atoms with E-state index in [9.17, 15) is 0 Å². The molecule has 1 unspecified atom stereocenters. The summed E-state index contributed by atoms with van der Waals surface area (Å²) >= 11 is 0. The van der Waals surface area contributed by atoms with Gasteiger partial charge in [0.1, 0.15) is 0 Å². The molecule has 0 aromatic carbocycles. The fourth-order valence-corrected chi connectivity index (χ4v) is 2.15. The molecule has 0 aliphatic carbocycles. The number of nitrogens with zero attached hydrogens (tertiary/aromatic N) is 1. The first-order chi connectivity index (χ1) is 8.44. The van der Waals surface area contributed by atoms with E-state index in [4.69, 9.17) is 0 Å². The second kappa shape index (κ2) is 9.80. The van der Waals surface area contributed by atoms with Gasteiger partial charge < -0.3 is 5.32 Å². The lowest BCUT2D eigenvalue weighted by Gasteiger charge is -2.33. The van der Waals surface area contributed by atoms with Crippen LogP contribution in [0.1, 0.15) is 73.6 Å². The molecule has 0 aromatic rings. The van der Waals surface area contributed by atoms with Crippen LogP contribution in [0, 0.1) is 0 Å². The third kappa shape index (κ3) is 8.93. The van der Waals surface area contributed by atoms with E-state index >= 15 is 0 Å². The quantitative estimate of drug-likeness (QED) is 0.634. The van der Waals surface area contributed by atoms with Gasteiger partial charge in [0.05, 0.1) is 0 Å². The highest BCUT2D eigenvalue weighted by atomic mass is 15.2. The number of unbranched alkanes of at least 4 members (excludes halogenated alkanes) is 2. The van der Waals surface area contributed by atoms with Crippen LogP contribution in [-0.4, -0.2) is 36.1 Å². The van der Waals surface area contributed by atoms with E-state index in [1.165, 1.54) is 45.2 Å². The van der Waals surface area contributed by atoms with Crippen LogP contribution in [0.5, 0.6) is 0 Å². The summed E-state index contributed by atoms with van der Waals surface area (Å²) in [5, 5.41) is 3.66. The number of hydrogen-bond acceptors (Lipinski definition) is 2. The third-order valence-corrected chi connectivity index (χ3v) is 3.45. The SMILES string of the molecule is CCCCN(CCCC)C(CC)CNC(C)(C)C. The average Bonchev–Trinajstić information content (AvgIpc) is 2.30. The number of nitrogens with one attached hydrogen (secondary N) is 1. The Kier molecular flexibility index (Phi) is 9.76. The fourth-order valence-electron chi connectivity index (χ4n) is 2.15. The highest BCUT2D eigenvalue weighted by molar-refractivity contribution is 4.78. The van der Waals surface area contributed by atoms with Gasteiger partial charge in [0.15, 0.2) is 0 Å². The lowest BCUT2D eigenvalue weighted by molar-refractivity contribution is 0.172. The van der Waals surface area contributed by atoms with Crippen molar-refractivity contribution in [1.29, 1.82) is 0 Å². The minimum Gasteiger partial charge on any atom is -0.311 e. The first-order valence-electron chi connectivity index (χ1n) is 7.93. The summed E-state index contributed by atoms with van der Waals surface area (Å²) in [5.41, 5.74) is 0.231. The summed E-state index contributed by atoms with van der Waals surface area (Å²) in [6, 6.07) is 0.697. The van der Waals surface area contributed by atoms with Crippen LogP contribution < -0.4 is 5.32 Å². The van der Waals surface area contributed by atoms with E-state index in [1.54, 1.807) is 0 Å². The lowest BCUT2D eigenvalue weighted by atomic mass is 10.1. The van der Waals surface area contributed by atoms with Crippen LogP contribution in [0.3, 0.4) is 0 Å². The van der Waals surface area contributed by atoms with Crippen molar-refractivity contribution in [3.8, 4) is 0 Å². The van der Waals surface area contributed by atoms with Gasteiger partial charge in [-0.1, -0.05) is 33.6 Å². The Hall–Kier alpha value is -0.0800. The van der Waals surface area contributed by atoms with Crippen LogP contribution >= 0.6 is 0 Å². The molecule has 2 nitrogen and oxygen atoms in total. The van der Waals surface area contributed by atoms with Crippen molar-refractivity contribution in [2.75, 3.05) is 19.6 Å². The molecule has 2 heteroatoms. The molecular formula is C16H36N2. The van der Waals surface area contributed by atoms with Crippen LogP contribution in [0.25, 0.3) is 0 Å². The van der Waals surface area contributed by atoms with Crippen LogP contribution in [0.4, 0.5) is 0 Å². The molecule has 0 saturated heterocycles. The van der Waals surface area contributed by atoms with Gasteiger partial charge in [0, 0.05) is 18.1 Å². The van der Waals surface area contributed by atoms with Gasteiger partial charge in [-0.05, 0) is 53.1 Å². The predicted molar refractivity (Wildman–Crippen MR) is 83.2 cm³/mol. The molecular weight excluding hydrogens is 220 g/mol. The summed E-state index contributed by atoms with van der Waals surface area (Å²) in [6.45, 7) is 17.3. The molecule has 0 amide bonds. The van der Waals surface area contributed by atoms with Crippen molar-refractivity contribution in [1.82, 2.24) is 10.2 Å². The zero-order valence-electron chi connectivity index (χ0n) is 13.7. The predicted octanol–water partition coefficient (Wildman–Crippen LogP) is 4.06. The number of rotatable bonds is 10. The van der Waals surface area contributed by atoms with Gasteiger partial charge >= 0.3 is 0 Å². The standard InChI is InChI=1S/C16H36N2/c1-7-10-12-18(13-11-8-2)15(9-3)14-17-16(4,5)6/h15,17H,7-14H2,1-6H3. The molecule has 1 N–H and O–H groups in total. The van der Waals surface area contributed by atoms with Crippen LogP contribution in [0.15, 0.2) is 0 Å². The monoisotopic (exact) mass is 256 g/mol. The Morgan fingerprint density at radius 3 is 1.78 bits per heavy atom. The van der Waals surface area contributed by atoms with Crippen molar-refractivity contribution in [2.24, 2.45) is 0 Å². The Balaban J connectivity index is 4.29. The summed E-state index contributed by atoms with van der Waals surface area (Å²) < 4.78 is 0. The van der Waals surface area contributed by atoms with Crippen molar-refractivity contribution in [3.63, 3.8) is 0 Å². The fraction of sp³-hybridized carbons (Fsp3) is 1.00. The normalized spacial score (nSPS) is 14.2. The van der Waals surface area contributed by atoms with E-state index < -0.39 is 0 Å². The van der Waals surface area contributed by atoms with E-state index in [0.29, 0.717) is 6.04 Å². The molecule has 0 bridgehead atoms. The Bertz CT molecular complexity index is 176. The topological polar surface area (TPSA) is 15.3 Å². The Labute approximate surface area is 116 Å². The van der Waals surface area contributed by atoms with Gasteiger partial charge in [-0.3, -0.25) is 4.90 Å². The van der Waals surface area contributed by atoms with Crippen molar-refractivity contribution >= 4 is 0 Å². The third-order valence-electron chi connectivity index (χ3n) is 3.45. The lowest BCUT2D eigenvalue weighted by Crippen LogP contribution is -2.48. The van der Waals surface area contributed by atoms with E-state index in [1.807, 2.05) is 0 Å². The molecule has 110 valence electrons. The van der Waals surface area contributed by atoms with Crippen LogP contribution in [0.2, 0.25) is 0 Å². The molecule has 0 spiro atoms. The van der Waals surface area contributed by atoms with E-state index in [-0.39, 0.29) is 5.54 Å². The Morgan fingerprint density at radius 2 is 1.44 bits per heavy atom. The molecule has 0 aromatic heterocycles. The summed E-state index contributed by atoms with van der Waals surface area (Å²) in [7, 11) is 0. The molecule has 1 atom stereocenters. The molecule has 0 rings (SSSR count). The van der Waals surface area contributed by atoms with Crippen molar-refractivity contribution in [2.45, 2.75) is 85.2 Å². The molecule has 0 aliphatic heterocycles. The summed E-state index contributed by atoms with van der Waals surface area (Å²) in [4.78, 5) is 2.70. The first kappa shape index (κ1) is 17.9. The highest BCUT2D eigenvalue weighted by Crippen LogP contribution is 2.09. The van der Waals surface area contributed by atoms with Gasteiger partial charge in [0.2, 0.25) is 0 Å². The molecule has 18 heavy (non-hydrogen) atoms. The first-order valence-corrected chi connectivity index (χ1v) is 7.93. The summed E-state index contributed by atoms with van der Waals surface area (Å²) in [6.07, 6.45) is 6.50. The molecule has 0 fully saturated rings. The van der Waals surface area contributed by atoms with E-state index in [2.05, 4.69) is 51.8 Å². The van der Waals surface area contributed by atoms with Crippen molar-refractivity contribution in [3.05, 3.63) is 0 Å². The van der Waals surface area contributed by atoms with Gasteiger partial charge in [-0.25, -0.2) is 0 Å². The zero-order valence-corrected chi connectivity index (χ0v) is 13.7. The second-order valence-corrected chi connectivity index (χ2v) is 6.44. The minimum atomic E-state index is 0.231. The Morgan fingerprint density at radius 1 is 0.944 bits per heavy atom. The maximum atomic E-state index is 3.66.